The maximum absolute atomic E-state index is 12.0. The van der Waals surface area contributed by atoms with Crippen molar-refractivity contribution >= 4 is 45.8 Å². The Balaban J connectivity index is 0.00000200. The van der Waals surface area contributed by atoms with E-state index in [-0.39, 0.29) is 24.9 Å². The van der Waals surface area contributed by atoms with Crippen LogP contribution in [0.25, 0.3) is 0 Å². The van der Waals surface area contributed by atoms with E-state index in [0.717, 1.165) is 37.1 Å². The quantitative estimate of drug-likeness (QED) is 0.872. The Morgan fingerprint density at radius 1 is 1.40 bits per heavy atom. The molecule has 1 aromatic rings. The van der Waals surface area contributed by atoms with Crippen LogP contribution in [-0.2, 0) is 4.79 Å². The van der Waals surface area contributed by atoms with E-state index in [2.05, 4.69) is 21.2 Å². The molecule has 1 aliphatic rings. The monoisotopic (exact) mass is 382 g/mol. The van der Waals surface area contributed by atoms with Crippen LogP contribution in [0.1, 0.15) is 6.42 Å². The van der Waals surface area contributed by atoms with Gasteiger partial charge in [-0.25, -0.2) is 0 Å². The number of nitrogens with zero attached hydrogens (tertiary/aromatic N) is 1. The maximum Gasteiger partial charge on any atom is 0.260 e. The molecule has 1 amide bonds. The Bertz CT molecular complexity index is 452. The highest BCUT2D eigenvalue weighted by Crippen LogP contribution is 2.27. The van der Waals surface area contributed by atoms with Crippen molar-refractivity contribution in [2.24, 2.45) is 0 Å². The lowest BCUT2D eigenvalue weighted by molar-refractivity contribution is -0.133. The highest BCUT2D eigenvalue weighted by atomic mass is 79.9. The van der Waals surface area contributed by atoms with Crippen molar-refractivity contribution < 1.29 is 9.53 Å². The van der Waals surface area contributed by atoms with E-state index in [1.165, 1.54) is 0 Å². The van der Waals surface area contributed by atoms with E-state index in [1.54, 1.807) is 12.1 Å². The number of rotatable bonds is 3. The number of carbonyl (C=O) groups is 1. The number of carbonyl (C=O) groups excluding carboxylic acids is 1. The Morgan fingerprint density at radius 3 is 2.95 bits per heavy atom. The number of hydrogen-bond donors (Lipinski definition) is 1. The van der Waals surface area contributed by atoms with E-state index in [4.69, 9.17) is 16.3 Å². The van der Waals surface area contributed by atoms with Gasteiger partial charge in [-0.2, -0.15) is 0 Å². The summed E-state index contributed by atoms with van der Waals surface area (Å²) in [6.07, 6.45) is 0.977. The Morgan fingerprint density at radius 2 is 2.20 bits per heavy atom. The fourth-order valence-electron chi connectivity index (χ4n) is 1.92. The molecule has 1 fully saturated rings. The van der Waals surface area contributed by atoms with Crippen molar-refractivity contribution in [2.75, 3.05) is 32.8 Å². The number of ether oxygens (including phenoxy) is 1. The second kappa shape index (κ2) is 8.72. The third-order valence-electron chi connectivity index (χ3n) is 2.94. The number of halogens is 3. The summed E-state index contributed by atoms with van der Waals surface area (Å²) < 4.78 is 6.37. The van der Waals surface area contributed by atoms with Crippen LogP contribution in [-0.4, -0.2) is 43.6 Å². The minimum atomic E-state index is 0. The summed E-state index contributed by atoms with van der Waals surface area (Å²) in [5, 5.41) is 3.76. The van der Waals surface area contributed by atoms with Crippen LogP contribution in [0.4, 0.5) is 0 Å². The van der Waals surface area contributed by atoms with E-state index in [0.29, 0.717) is 10.8 Å². The molecule has 0 bridgehead atoms. The number of benzene rings is 1. The molecule has 1 heterocycles. The molecular weight excluding hydrogens is 367 g/mol. The van der Waals surface area contributed by atoms with Crippen LogP contribution >= 0.6 is 39.9 Å². The van der Waals surface area contributed by atoms with Gasteiger partial charge in [-0.3, -0.25) is 4.79 Å². The first-order valence-electron chi connectivity index (χ1n) is 6.23. The van der Waals surface area contributed by atoms with Gasteiger partial charge in [0.05, 0.1) is 5.02 Å². The zero-order chi connectivity index (χ0) is 13.7. The molecule has 112 valence electrons. The summed E-state index contributed by atoms with van der Waals surface area (Å²) in [5.74, 6) is 0.536. The predicted octanol–water partition coefficient (Wildman–Crippen LogP) is 2.73. The molecule has 1 aromatic carbocycles. The molecule has 20 heavy (non-hydrogen) atoms. The fraction of sp³-hybridized carbons (Fsp3) is 0.462. The largest absolute Gasteiger partial charge is 0.482 e. The van der Waals surface area contributed by atoms with Crippen LogP contribution < -0.4 is 10.1 Å². The van der Waals surface area contributed by atoms with Crippen molar-refractivity contribution in [3.63, 3.8) is 0 Å². The van der Waals surface area contributed by atoms with Crippen LogP contribution in [0.5, 0.6) is 5.75 Å². The Labute approximate surface area is 138 Å². The normalized spacial score (nSPS) is 15.2. The average molecular weight is 384 g/mol. The lowest BCUT2D eigenvalue weighted by atomic mass is 10.3. The van der Waals surface area contributed by atoms with Crippen molar-refractivity contribution in [3.8, 4) is 5.75 Å². The lowest BCUT2D eigenvalue weighted by Gasteiger charge is -2.20. The average Bonchev–Trinajstić information content (AvgIpc) is 2.66. The molecule has 0 radical (unpaired) electrons. The van der Waals surface area contributed by atoms with Gasteiger partial charge in [-0.1, -0.05) is 27.5 Å². The zero-order valence-corrected chi connectivity index (χ0v) is 14.1. The molecule has 1 N–H and O–H groups in total. The molecular formula is C13H17BrCl2N2O2. The van der Waals surface area contributed by atoms with Crippen LogP contribution in [0.2, 0.25) is 5.02 Å². The number of hydrogen-bond acceptors (Lipinski definition) is 3. The molecule has 4 nitrogen and oxygen atoms in total. The van der Waals surface area contributed by atoms with Crippen molar-refractivity contribution in [2.45, 2.75) is 6.42 Å². The molecule has 2 rings (SSSR count). The SMILES string of the molecule is Cl.O=C(COc1ccc(Br)cc1Cl)N1CCCNCC1. The molecule has 7 heteroatoms. The summed E-state index contributed by atoms with van der Waals surface area (Å²) in [6.45, 7) is 3.34. The lowest BCUT2D eigenvalue weighted by Crippen LogP contribution is -2.37. The fourth-order valence-corrected chi connectivity index (χ4v) is 2.65. The topological polar surface area (TPSA) is 41.6 Å². The Hall–Kier alpha value is -0.490. The van der Waals surface area contributed by atoms with E-state index >= 15 is 0 Å². The van der Waals surface area contributed by atoms with Crippen molar-refractivity contribution in [1.82, 2.24) is 10.2 Å². The van der Waals surface area contributed by atoms with Crippen LogP contribution in [0.15, 0.2) is 22.7 Å². The minimum absolute atomic E-state index is 0. The van der Waals surface area contributed by atoms with Gasteiger partial charge in [0.1, 0.15) is 5.75 Å². The first-order chi connectivity index (χ1) is 9.16. The summed E-state index contributed by atoms with van der Waals surface area (Å²) >= 11 is 9.36. The van der Waals surface area contributed by atoms with Crippen LogP contribution in [0.3, 0.4) is 0 Å². The van der Waals surface area contributed by atoms with Gasteiger partial charge in [0.15, 0.2) is 6.61 Å². The summed E-state index contributed by atoms with van der Waals surface area (Å²) in [7, 11) is 0. The molecule has 1 saturated heterocycles. The molecule has 0 aliphatic carbocycles. The van der Waals surface area contributed by atoms with Gasteiger partial charge < -0.3 is 15.0 Å². The van der Waals surface area contributed by atoms with Gasteiger partial charge in [-0.05, 0) is 31.2 Å². The van der Waals surface area contributed by atoms with Gasteiger partial charge in [-0.15, -0.1) is 12.4 Å². The Kier molecular flexibility index (Phi) is 7.66. The smallest absolute Gasteiger partial charge is 0.260 e. The molecule has 0 aromatic heterocycles. The van der Waals surface area contributed by atoms with Crippen LogP contribution in [0, 0.1) is 0 Å². The minimum Gasteiger partial charge on any atom is -0.482 e. The van der Waals surface area contributed by atoms with Crippen molar-refractivity contribution in [3.05, 3.63) is 27.7 Å². The highest BCUT2D eigenvalue weighted by molar-refractivity contribution is 9.10. The first kappa shape index (κ1) is 17.6. The number of amides is 1. The van der Waals surface area contributed by atoms with Gasteiger partial charge >= 0.3 is 0 Å². The summed E-state index contributed by atoms with van der Waals surface area (Å²) in [6, 6.07) is 5.34. The number of nitrogens with one attached hydrogen (secondary N) is 1. The molecule has 0 spiro atoms. The van der Waals surface area contributed by atoms with E-state index < -0.39 is 0 Å². The standard InChI is InChI=1S/C13H16BrClN2O2.ClH/c14-10-2-3-12(11(15)8-10)19-9-13(18)17-6-1-4-16-5-7-17;/h2-3,8,16H,1,4-7,9H2;1H. The predicted molar refractivity (Wildman–Crippen MR) is 86.0 cm³/mol. The third-order valence-corrected chi connectivity index (χ3v) is 3.73. The second-order valence-corrected chi connectivity index (χ2v) is 5.67. The summed E-state index contributed by atoms with van der Waals surface area (Å²) in [5.41, 5.74) is 0. The van der Waals surface area contributed by atoms with Gasteiger partial charge in [0, 0.05) is 24.1 Å². The highest BCUT2D eigenvalue weighted by Gasteiger charge is 2.16. The molecule has 0 saturated carbocycles. The zero-order valence-electron chi connectivity index (χ0n) is 10.9. The first-order valence-corrected chi connectivity index (χ1v) is 7.40. The maximum atomic E-state index is 12.0. The summed E-state index contributed by atoms with van der Waals surface area (Å²) in [4.78, 5) is 13.8. The molecule has 1 aliphatic heterocycles. The van der Waals surface area contributed by atoms with E-state index in [9.17, 15) is 4.79 Å². The molecule has 0 unspecified atom stereocenters. The van der Waals surface area contributed by atoms with E-state index in [1.807, 2.05) is 11.0 Å². The third kappa shape index (κ3) is 5.13. The van der Waals surface area contributed by atoms with Crippen molar-refractivity contribution in [1.29, 1.82) is 0 Å². The molecule has 0 atom stereocenters. The van der Waals surface area contributed by atoms with Gasteiger partial charge in [0.2, 0.25) is 0 Å². The van der Waals surface area contributed by atoms with Gasteiger partial charge in [0.25, 0.3) is 5.91 Å². The second-order valence-electron chi connectivity index (χ2n) is 4.35.